The Kier molecular flexibility index (Phi) is 5.61. The molecule has 2 rings (SSSR count). The van der Waals surface area contributed by atoms with Gasteiger partial charge >= 0.3 is 0 Å². The van der Waals surface area contributed by atoms with Crippen molar-refractivity contribution in [2.45, 2.75) is 39.2 Å². The van der Waals surface area contributed by atoms with Crippen molar-refractivity contribution in [3.63, 3.8) is 0 Å². The van der Waals surface area contributed by atoms with Gasteiger partial charge in [-0.3, -0.25) is 4.79 Å². The third kappa shape index (κ3) is 5.25. The van der Waals surface area contributed by atoms with Crippen molar-refractivity contribution in [2.75, 3.05) is 6.54 Å². The van der Waals surface area contributed by atoms with E-state index >= 15 is 0 Å². The second kappa shape index (κ2) is 7.47. The Balaban J connectivity index is 1.85. The van der Waals surface area contributed by atoms with E-state index in [4.69, 9.17) is 4.42 Å². The average molecular weight is 315 g/mol. The number of hydrogen-bond donors (Lipinski definition) is 2. The molecule has 0 aliphatic heterocycles. The monoisotopic (exact) mass is 315 g/mol. The first-order valence-corrected chi connectivity index (χ1v) is 7.97. The van der Waals surface area contributed by atoms with E-state index in [-0.39, 0.29) is 12.5 Å². The van der Waals surface area contributed by atoms with Gasteiger partial charge in [-0.25, -0.2) is 0 Å². The highest BCUT2D eigenvalue weighted by Crippen LogP contribution is 2.19. The van der Waals surface area contributed by atoms with Gasteiger partial charge in [0.1, 0.15) is 11.4 Å². The molecule has 1 unspecified atom stereocenters. The van der Waals surface area contributed by atoms with Gasteiger partial charge in [0.05, 0.1) is 19.2 Å². The lowest BCUT2D eigenvalue weighted by atomic mass is 10.0. The summed E-state index contributed by atoms with van der Waals surface area (Å²) in [4.78, 5) is 12.0. The molecule has 0 bridgehead atoms. The van der Waals surface area contributed by atoms with E-state index < -0.39 is 5.60 Å². The van der Waals surface area contributed by atoms with Gasteiger partial charge in [0.25, 0.3) is 0 Å². The first-order chi connectivity index (χ1) is 10.9. The minimum Gasteiger partial charge on any atom is -0.466 e. The molecule has 0 saturated heterocycles. The lowest BCUT2D eigenvalue weighted by Gasteiger charge is -2.21. The SMILES string of the molecule is CC(C)Cc1ccc(CC(=O)NCC(C)(O)c2ccco2)cc1. The molecule has 4 nitrogen and oxygen atoms in total. The van der Waals surface area contributed by atoms with Gasteiger partial charge in [-0.05, 0) is 42.5 Å². The standard InChI is InChI=1S/C19H25NO3/c1-14(2)11-15-6-8-16(9-7-15)12-18(21)20-13-19(3,22)17-5-4-10-23-17/h4-10,14,22H,11-13H2,1-3H3,(H,20,21). The fraction of sp³-hybridized carbons (Fsp3) is 0.421. The molecule has 1 heterocycles. The van der Waals surface area contributed by atoms with Crippen molar-refractivity contribution < 1.29 is 14.3 Å². The molecular formula is C19H25NO3. The number of carbonyl (C=O) groups excluding carboxylic acids is 1. The third-order valence-corrected chi connectivity index (χ3v) is 3.71. The fourth-order valence-corrected chi connectivity index (χ4v) is 2.46. The molecule has 2 aromatic rings. The Morgan fingerprint density at radius 3 is 2.43 bits per heavy atom. The van der Waals surface area contributed by atoms with E-state index in [0.717, 1.165) is 12.0 Å². The van der Waals surface area contributed by atoms with E-state index in [1.54, 1.807) is 19.1 Å². The van der Waals surface area contributed by atoms with Crippen molar-refractivity contribution in [3.8, 4) is 0 Å². The maximum atomic E-state index is 12.0. The Morgan fingerprint density at radius 2 is 1.87 bits per heavy atom. The number of furan rings is 1. The predicted octanol–water partition coefficient (Wildman–Crippen LogP) is 3.04. The molecule has 0 spiro atoms. The molecule has 2 N–H and O–H groups in total. The number of hydrogen-bond acceptors (Lipinski definition) is 3. The predicted molar refractivity (Wildman–Crippen MR) is 90.0 cm³/mol. The van der Waals surface area contributed by atoms with Crippen LogP contribution < -0.4 is 5.32 Å². The number of aliphatic hydroxyl groups is 1. The summed E-state index contributed by atoms with van der Waals surface area (Å²) in [5.41, 5.74) is 1.04. The van der Waals surface area contributed by atoms with Crippen LogP contribution in [-0.4, -0.2) is 17.6 Å². The second-order valence-electron chi connectivity index (χ2n) is 6.62. The largest absolute Gasteiger partial charge is 0.466 e. The highest BCUT2D eigenvalue weighted by Gasteiger charge is 2.26. The van der Waals surface area contributed by atoms with Gasteiger partial charge < -0.3 is 14.8 Å². The molecule has 1 amide bonds. The lowest BCUT2D eigenvalue weighted by Crippen LogP contribution is -2.39. The van der Waals surface area contributed by atoms with E-state index in [1.807, 2.05) is 12.1 Å². The van der Waals surface area contributed by atoms with Gasteiger partial charge in [0.15, 0.2) is 0 Å². The third-order valence-electron chi connectivity index (χ3n) is 3.71. The van der Waals surface area contributed by atoms with Gasteiger partial charge in [-0.15, -0.1) is 0 Å². The highest BCUT2D eigenvalue weighted by molar-refractivity contribution is 5.78. The lowest BCUT2D eigenvalue weighted by molar-refractivity contribution is -0.121. The molecule has 0 aliphatic rings. The molecule has 0 radical (unpaired) electrons. The normalized spacial score (nSPS) is 13.8. The zero-order valence-corrected chi connectivity index (χ0v) is 14.0. The van der Waals surface area contributed by atoms with E-state index in [0.29, 0.717) is 18.1 Å². The van der Waals surface area contributed by atoms with Crippen molar-refractivity contribution in [2.24, 2.45) is 5.92 Å². The maximum absolute atomic E-state index is 12.0. The van der Waals surface area contributed by atoms with Crippen molar-refractivity contribution >= 4 is 5.91 Å². The molecular weight excluding hydrogens is 290 g/mol. The number of benzene rings is 1. The molecule has 0 saturated carbocycles. The summed E-state index contributed by atoms with van der Waals surface area (Å²) in [6.07, 6.45) is 2.85. The smallest absolute Gasteiger partial charge is 0.224 e. The summed E-state index contributed by atoms with van der Waals surface area (Å²) in [6, 6.07) is 11.5. The van der Waals surface area contributed by atoms with Crippen LogP contribution in [0.4, 0.5) is 0 Å². The van der Waals surface area contributed by atoms with Gasteiger partial charge in [0, 0.05) is 0 Å². The second-order valence-corrected chi connectivity index (χ2v) is 6.62. The minimum absolute atomic E-state index is 0.116. The van der Waals surface area contributed by atoms with E-state index in [2.05, 4.69) is 31.3 Å². The van der Waals surface area contributed by atoms with Crippen LogP contribution >= 0.6 is 0 Å². The van der Waals surface area contributed by atoms with Crippen LogP contribution in [0.25, 0.3) is 0 Å². The van der Waals surface area contributed by atoms with Crippen LogP contribution in [0.1, 0.15) is 37.7 Å². The zero-order chi connectivity index (χ0) is 16.9. The van der Waals surface area contributed by atoms with Crippen LogP contribution in [0.5, 0.6) is 0 Å². The first-order valence-electron chi connectivity index (χ1n) is 7.97. The van der Waals surface area contributed by atoms with Crippen LogP contribution in [0.3, 0.4) is 0 Å². The molecule has 1 aromatic heterocycles. The van der Waals surface area contributed by atoms with E-state index in [1.165, 1.54) is 11.8 Å². The summed E-state index contributed by atoms with van der Waals surface area (Å²) >= 11 is 0. The number of carbonyl (C=O) groups is 1. The van der Waals surface area contributed by atoms with Crippen molar-refractivity contribution in [3.05, 3.63) is 59.5 Å². The summed E-state index contributed by atoms with van der Waals surface area (Å²) in [5.74, 6) is 0.942. The topological polar surface area (TPSA) is 62.5 Å². The summed E-state index contributed by atoms with van der Waals surface area (Å²) < 4.78 is 5.19. The summed E-state index contributed by atoms with van der Waals surface area (Å²) in [5, 5.41) is 13.1. The number of amides is 1. The Labute approximate surface area is 137 Å². The molecule has 4 heteroatoms. The fourth-order valence-electron chi connectivity index (χ4n) is 2.46. The zero-order valence-electron chi connectivity index (χ0n) is 14.0. The van der Waals surface area contributed by atoms with Gasteiger partial charge in [0.2, 0.25) is 5.91 Å². The molecule has 0 fully saturated rings. The molecule has 124 valence electrons. The van der Waals surface area contributed by atoms with Gasteiger partial charge in [-0.1, -0.05) is 38.1 Å². The van der Waals surface area contributed by atoms with Crippen LogP contribution in [0.15, 0.2) is 47.1 Å². The quantitative estimate of drug-likeness (QED) is 0.825. The molecule has 1 atom stereocenters. The van der Waals surface area contributed by atoms with Crippen molar-refractivity contribution in [1.29, 1.82) is 0 Å². The molecule has 1 aromatic carbocycles. The van der Waals surface area contributed by atoms with Crippen LogP contribution in [-0.2, 0) is 23.2 Å². The summed E-state index contributed by atoms with van der Waals surface area (Å²) in [6.45, 7) is 6.11. The number of nitrogens with one attached hydrogen (secondary N) is 1. The van der Waals surface area contributed by atoms with Crippen LogP contribution in [0, 0.1) is 5.92 Å². The highest BCUT2D eigenvalue weighted by atomic mass is 16.4. The first kappa shape index (κ1) is 17.3. The van der Waals surface area contributed by atoms with Gasteiger partial charge in [-0.2, -0.15) is 0 Å². The Hall–Kier alpha value is -2.07. The summed E-state index contributed by atoms with van der Waals surface area (Å²) in [7, 11) is 0. The van der Waals surface area contributed by atoms with E-state index in [9.17, 15) is 9.90 Å². The Bertz CT molecular complexity index is 613. The minimum atomic E-state index is -1.21. The molecule has 0 aliphatic carbocycles. The molecule has 23 heavy (non-hydrogen) atoms. The van der Waals surface area contributed by atoms with Crippen LogP contribution in [0.2, 0.25) is 0 Å². The van der Waals surface area contributed by atoms with Crippen molar-refractivity contribution in [1.82, 2.24) is 5.32 Å². The maximum Gasteiger partial charge on any atom is 0.224 e. The Morgan fingerprint density at radius 1 is 1.22 bits per heavy atom. The number of rotatable bonds is 7. The average Bonchev–Trinajstić information content (AvgIpc) is 3.02.